The predicted octanol–water partition coefficient (Wildman–Crippen LogP) is 9.11. The number of aryl methyl sites for hydroxylation is 2. The molecular weight excluding hydrogens is 915 g/mol. The van der Waals surface area contributed by atoms with Crippen LogP contribution in [0.5, 0.6) is 0 Å². The molecule has 0 saturated carbocycles. The number of carbonyl (C=O) groups is 4. The van der Waals surface area contributed by atoms with Crippen molar-refractivity contribution in [3.63, 3.8) is 0 Å². The number of ether oxygens (including phenoxy) is 2. The lowest BCUT2D eigenvalue weighted by molar-refractivity contribution is -0.138. The third kappa shape index (κ3) is 15.4. The van der Waals surface area contributed by atoms with Gasteiger partial charge >= 0.3 is 30.5 Å². The molecule has 0 bridgehead atoms. The lowest BCUT2D eigenvalue weighted by Crippen LogP contribution is -2.51. The zero-order chi connectivity index (χ0) is 51.6. The van der Waals surface area contributed by atoms with Crippen molar-refractivity contribution < 1.29 is 60.1 Å². The molecule has 2 N–H and O–H groups in total. The molecule has 69 heavy (non-hydrogen) atoms. The van der Waals surface area contributed by atoms with Crippen molar-refractivity contribution in [3.05, 3.63) is 105 Å². The molecule has 0 unspecified atom stereocenters. The van der Waals surface area contributed by atoms with E-state index < -0.39 is 41.1 Å². The molecule has 15 nitrogen and oxygen atoms in total. The quantitative estimate of drug-likeness (QED) is 0.184. The van der Waals surface area contributed by atoms with Gasteiger partial charge in [-0.15, -0.1) is 0 Å². The number of nitrogens with one attached hydrogen (secondary N) is 1. The fraction of sp³-hybridized carbons (Fsp3) is 0.417. The molecule has 2 saturated heterocycles. The van der Waals surface area contributed by atoms with Crippen LogP contribution in [0, 0.1) is 36.5 Å². The predicted molar refractivity (Wildman–Crippen MR) is 240 cm³/mol. The summed E-state index contributed by atoms with van der Waals surface area (Å²) in [6, 6.07) is 14.9. The molecule has 6 rings (SSSR count). The van der Waals surface area contributed by atoms with Crippen LogP contribution in [0.25, 0.3) is 22.5 Å². The van der Waals surface area contributed by atoms with Crippen LogP contribution in [0.4, 0.5) is 35.9 Å². The van der Waals surface area contributed by atoms with Gasteiger partial charge in [-0.25, -0.2) is 14.4 Å². The smallest absolute Gasteiger partial charge is 0.416 e. The fourth-order valence-corrected chi connectivity index (χ4v) is 6.65. The van der Waals surface area contributed by atoms with E-state index in [0.29, 0.717) is 43.0 Å². The van der Waals surface area contributed by atoms with E-state index in [-0.39, 0.29) is 56.9 Å². The molecule has 0 radical (unpaired) electrons. The maximum Gasteiger partial charge on any atom is 0.416 e. The number of hydrogen-bond donors (Lipinski definition) is 2. The van der Waals surface area contributed by atoms with Crippen LogP contribution in [-0.4, -0.2) is 117 Å². The standard InChI is InChI=1S/C24H25F3N4O3.C15H9F3N2O2.C9H18N2O2/c1-15-19(21(32)30-9-11-31(12-10-30)22(33)34-23(2,3)4)13-17(14-28)20(29-15)16-5-7-18(8-6-16)24(25,26)27;1-8-12(14(21)22)6-10(7-19)13(20-8)9-2-4-11(5-3-9)15(16,17)18;1-9(2,3)13-8(12)11-6-4-10-5-7-11/h5-8,13H,9-12H2,1-4H3;2-6H,1H3,(H,21,22);10H,4-7H2,1-3H3. The second-order valence-corrected chi connectivity index (χ2v) is 17.7. The first-order valence-electron chi connectivity index (χ1n) is 21.4. The molecule has 2 fully saturated rings. The number of aromatic nitrogens is 2. The van der Waals surface area contributed by atoms with E-state index in [4.69, 9.17) is 19.8 Å². The van der Waals surface area contributed by atoms with Crippen LogP contribution in [0.2, 0.25) is 0 Å². The number of halogens is 6. The van der Waals surface area contributed by atoms with Crippen molar-refractivity contribution >= 4 is 24.1 Å². The second kappa shape index (κ2) is 22.2. The van der Waals surface area contributed by atoms with Crippen molar-refractivity contribution in [1.29, 1.82) is 10.5 Å². The van der Waals surface area contributed by atoms with Crippen molar-refractivity contribution in [1.82, 2.24) is 30.0 Å². The maximum absolute atomic E-state index is 13.1. The van der Waals surface area contributed by atoms with Gasteiger partial charge in [0.25, 0.3) is 5.91 Å². The van der Waals surface area contributed by atoms with Crippen LogP contribution in [-0.2, 0) is 21.8 Å². The Hall–Kier alpha value is -7.26. The number of alkyl halides is 6. The van der Waals surface area contributed by atoms with Gasteiger partial charge in [0, 0.05) is 63.5 Å². The average molecular weight is 967 g/mol. The normalized spacial score (nSPS) is 14.2. The SMILES string of the molecule is CC(C)(C)OC(=O)N1CCNCC1.Cc1nc(-c2ccc(C(F)(F)F)cc2)c(C#N)cc1C(=O)N1CCN(C(=O)OC(C)(C)C)CC1.Cc1nc(-c2ccc(C(F)(F)F)cc2)c(C#N)cc1C(=O)O. The average Bonchev–Trinajstić information content (AvgIpc) is 3.27. The number of rotatable bonds is 4. The van der Waals surface area contributed by atoms with Crippen LogP contribution >= 0.6 is 0 Å². The van der Waals surface area contributed by atoms with Crippen molar-refractivity contribution in [2.75, 3.05) is 52.4 Å². The molecule has 0 aliphatic carbocycles. The molecule has 0 spiro atoms. The summed E-state index contributed by atoms with van der Waals surface area (Å²) in [6.07, 6.45) is -9.56. The second-order valence-electron chi connectivity index (χ2n) is 17.7. The Morgan fingerprint density at radius 2 is 0.942 bits per heavy atom. The summed E-state index contributed by atoms with van der Waals surface area (Å²) < 4.78 is 86.8. The van der Waals surface area contributed by atoms with Crippen molar-refractivity contribution in [3.8, 4) is 34.7 Å². The van der Waals surface area contributed by atoms with Gasteiger partial charge in [-0.1, -0.05) is 24.3 Å². The minimum atomic E-state index is -4.47. The topological polar surface area (TPSA) is 202 Å². The van der Waals surface area contributed by atoms with E-state index in [1.54, 1.807) is 37.5 Å². The third-order valence-corrected chi connectivity index (χ3v) is 10.1. The number of carbonyl (C=O) groups excluding carboxylic acids is 3. The van der Waals surface area contributed by atoms with Gasteiger partial charge in [0.15, 0.2) is 0 Å². The molecule has 3 amide bonds. The first-order valence-corrected chi connectivity index (χ1v) is 21.4. The molecule has 368 valence electrons. The number of nitrogens with zero attached hydrogens (tertiary/aromatic N) is 7. The lowest BCUT2D eigenvalue weighted by Gasteiger charge is -2.35. The molecule has 2 aliphatic heterocycles. The Morgan fingerprint density at radius 3 is 1.29 bits per heavy atom. The Balaban J connectivity index is 0.000000252. The Labute approximate surface area is 395 Å². The van der Waals surface area contributed by atoms with Gasteiger partial charge in [0.2, 0.25) is 0 Å². The molecule has 2 aromatic heterocycles. The number of benzene rings is 2. The summed E-state index contributed by atoms with van der Waals surface area (Å²) in [4.78, 5) is 61.1. The summed E-state index contributed by atoms with van der Waals surface area (Å²) >= 11 is 0. The van der Waals surface area contributed by atoms with Gasteiger partial charge in [0.1, 0.15) is 23.3 Å². The molecule has 4 aromatic rings. The molecule has 2 aromatic carbocycles. The van der Waals surface area contributed by atoms with Gasteiger partial charge in [0.05, 0.1) is 56.2 Å². The molecular formula is C48H52F6N8O7. The Bertz CT molecular complexity index is 2580. The minimum absolute atomic E-state index is 0.0113. The van der Waals surface area contributed by atoms with E-state index in [1.165, 1.54) is 42.2 Å². The number of amides is 3. The highest BCUT2D eigenvalue weighted by molar-refractivity contribution is 5.96. The number of nitriles is 2. The highest BCUT2D eigenvalue weighted by Gasteiger charge is 2.33. The molecule has 0 atom stereocenters. The largest absolute Gasteiger partial charge is 0.478 e. The van der Waals surface area contributed by atoms with Crippen LogP contribution in [0.15, 0.2) is 60.7 Å². The lowest BCUT2D eigenvalue weighted by atomic mass is 10.0. The van der Waals surface area contributed by atoms with Gasteiger partial charge in [-0.2, -0.15) is 36.9 Å². The first-order chi connectivity index (χ1) is 32.0. The van der Waals surface area contributed by atoms with E-state index >= 15 is 0 Å². The summed E-state index contributed by atoms with van der Waals surface area (Å²) in [5.74, 6) is -1.55. The molecule has 2 aliphatic rings. The number of carboxylic acid groups (broad SMARTS) is 1. The van der Waals surface area contributed by atoms with Gasteiger partial charge < -0.3 is 34.6 Å². The van der Waals surface area contributed by atoms with Gasteiger partial charge in [-0.3, -0.25) is 14.8 Å². The van der Waals surface area contributed by atoms with E-state index in [1.807, 2.05) is 32.9 Å². The highest BCUT2D eigenvalue weighted by Crippen LogP contribution is 2.33. The maximum atomic E-state index is 13.1. The number of aromatic carboxylic acids is 1. The Morgan fingerprint density at radius 1 is 0.594 bits per heavy atom. The van der Waals surface area contributed by atoms with E-state index in [9.17, 15) is 50.8 Å². The van der Waals surface area contributed by atoms with Crippen LogP contribution < -0.4 is 5.32 Å². The Kier molecular flexibility index (Phi) is 17.5. The summed E-state index contributed by atoms with van der Waals surface area (Å²) in [7, 11) is 0. The highest BCUT2D eigenvalue weighted by atomic mass is 19.4. The summed E-state index contributed by atoms with van der Waals surface area (Å²) in [6.45, 7) is 18.5. The monoisotopic (exact) mass is 966 g/mol. The zero-order valence-corrected chi connectivity index (χ0v) is 39.2. The minimum Gasteiger partial charge on any atom is -0.478 e. The zero-order valence-electron chi connectivity index (χ0n) is 39.2. The number of piperazine rings is 2. The van der Waals surface area contributed by atoms with Crippen LogP contribution in [0.1, 0.15) is 95.9 Å². The van der Waals surface area contributed by atoms with Crippen molar-refractivity contribution in [2.45, 2.75) is 78.9 Å². The third-order valence-electron chi connectivity index (χ3n) is 10.1. The molecule has 21 heteroatoms. The van der Waals surface area contributed by atoms with Crippen LogP contribution in [0.3, 0.4) is 0 Å². The van der Waals surface area contributed by atoms with Crippen molar-refractivity contribution in [2.24, 2.45) is 0 Å². The fourth-order valence-electron chi connectivity index (χ4n) is 6.65. The molecule has 4 heterocycles. The first kappa shape index (κ1) is 54.3. The number of carboxylic acids is 1. The van der Waals surface area contributed by atoms with Gasteiger partial charge in [-0.05, 0) is 91.8 Å². The number of pyridine rings is 2. The summed E-state index contributed by atoms with van der Waals surface area (Å²) in [5, 5.41) is 30.9. The number of hydrogen-bond acceptors (Lipinski definition) is 11. The summed E-state index contributed by atoms with van der Waals surface area (Å²) in [5.41, 5.74) is -0.876. The van der Waals surface area contributed by atoms with E-state index in [2.05, 4.69) is 15.3 Å². The van der Waals surface area contributed by atoms with E-state index in [0.717, 1.165) is 56.5 Å².